The second-order valence-electron chi connectivity index (χ2n) is 12.3. The molecule has 1 aromatic carbocycles. The molecule has 0 bridgehead atoms. The smallest absolute Gasteiger partial charge is 0.466 e. The topological polar surface area (TPSA) is 166 Å². The lowest BCUT2D eigenvalue weighted by Gasteiger charge is -2.37. The van der Waals surface area contributed by atoms with Crippen LogP contribution < -0.4 is 9.47 Å². The molecule has 2 amide bonds. The molecule has 0 atom stereocenters. The normalized spacial score (nSPS) is 19.1. The maximum atomic E-state index is 13.2. The summed E-state index contributed by atoms with van der Waals surface area (Å²) >= 11 is 4.49. The highest BCUT2D eigenvalue weighted by atomic mass is 32.2. The monoisotopic (exact) mass is 764 g/mol. The zero-order chi connectivity index (χ0) is 37.3. The molecule has 2 fully saturated rings. The summed E-state index contributed by atoms with van der Waals surface area (Å²) in [5.41, 5.74) is 1.71. The number of rotatable bonds is 4. The molecule has 2 aromatic heterocycles. The van der Waals surface area contributed by atoms with Gasteiger partial charge in [-0.15, -0.1) is 0 Å². The van der Waals surface area contributed by atoms with Crippen molar-refractivity contribution in [3.63, 3.8) is 0 Å². The van der Waals surface area contributed by atoms with Crippen LogP contribution in [0, 0.1) is 35.8 Å². The molecule has 4 aliphatic heterocycles. The quantitative estimate of drug-likeness (QED) is 0.190. The maximum absolute atomic E-state index is 13.2. The minimum absolute atomic E-state index is 0.105. The molecule has 52 heavy (non-hydrogen) atoms. The van der Waals surface area contributed by atoms with Crippen LogP contribution in [0.5, 0.6) is 11.8 Å². The molecular formula is C34H24N10O4S4. The van der Waals surface area contributed by atoms with E-state index in [0.717, 1.165) is 55.5 Å². The van der Waals surface area contributed by atoms with Crippen LogP contribution in [0.1, 0.15) is 52.7 Å². The van der Waals surface area contributed by atoms with Crippen LogP contribution in [0.25, 0.3) is 30.6 Å². The van der Waals surface area contributed by atoms with Crippen LogP contribution >= 0.6 is 46.2 Å². The summed E-state index contributed by atoms with van der Waals surface area (Å²) < 4.78 is 12.9. The van der Waals surface area contributed by atoms with Gasteiger partial charge in [0.2, 0.25) is 22.0 Å². The van der Waals surface area contributed by atoms with E-state index in [9.17, 15) is 20.1 Å². The van der Waals surface area contributed by atoms with E-state index in [1.54, 1.807) is 13.8 Å². The van der Waals surface area contributed by atoms with Crippen LogP contribution in [0.2, 0.25) is 0 Å². The zero-order valence-corrected chi connectivity index (χ0v) is 31.6. The lowest BCUT2D eigenvalue weighted by molar-refractivity contribution is -0.121. The number of amides is 2. The lowest BCUT2D eigenvalue weighted by atomic mass is 9.81. The van der Waals surface area contributed by atoms with Crippen molar-refractivity contribution in [2.24, 2.45) is 9.98 Å². The van der Waals surface area contributed by atoms with Gasteiger partial charge >= 0.3 is 5.82 Å². The van der Waals surface area contributed by atoms with Crippen molar-refractivity contribution in [1.82, 2.24) is 19.8 Å². The highest BCUT2D eigenvalue weighted by molar-refractivity contribution is 8.20. The first kappa shape index (κ1) is 34.9. The third-order valence-corrected chi connectivity index (χ3v) is 12.5. The molecule has 6 heterocycles. The molecule has 7 rings (SSSR count). The van der Waals surface area contributed by atoms with Crippen LogP contribution in [0.15, 0.2) is 43.6 Å². The Kier molecular flexibility index (Phi) is 8.48. The van der Waals surface area contributed by atoms with Crippen molar-refractivity contribution >= 4 is 78.4 Å². The van der Waals surface area contributed by atoms with Gasteiger partial charge in [-0.1, -0.05) is 34.4 Å². The summed E-state index contributed by atoms with van der Waals surface area (Å²) in [5.74, 6) is -0.256. The van der Waals surface area contributed by atoms with Gasteiger partial charge in [-0.25, -0.2) is 9.98 Å². The minimum Gasteiger partial charge on any atom is -0.466 e. The fourth-order valence-electron chi connectivity index (χ4n) is 6.01. The summed E-state index contributed by atoms with van der Waals surface area (Å²) in [6, 6.07) is 7.82. The lowest BCUT2D eigenvalue weighted by Crippen LogP contribution is -2.32. The summed E-state index contributed by atoms with van der Waals surface area (Å²) in [5, 5.41) is 20.2. The Balaban J connectivity index is 1.29. The molecule has 0 N–H and O–H groups in total. The average Bonchev–Trinajstić information content (AvgIpc) is 3.85. The fraction of sp³-hybridized carbons (Fsp3) is 0.294. The van der Waals surface area contributed by atoms with Crippen LogP contribution in [0.4, 0.5) is 10.3 Å². The Labute approximate surface area is 314 Å². The molecular weight excluding hydrogens is 741 g/mol. The standard InChI is InChI=1S/C34H24N10O4S4/c1-9-43-27(45)25(51-29(43)15(13-35)14-36)41-31-39-23-20(49-31)16-11-19-17(12-18(16)33(3,4)47-23)21-24(48-34(19,5)6)40-32(50-21)42-26-28(46)44(10-2)30(52-26)22(37-7)38-8/h11-12H,9-10H2,1-6H3. The van der Waals surface area contributed by atoms with Gasteiger partial charge in [0.05, 0.1) is 0 Å². The van der Waals surface area contributed by atoms with Gasteiger partial charge in [0.25, 0.3) is 11.8 Å². The van der Waals surface area contributed by atoms with Gasteiger partial charge in [0, 0.05) is 35.3 Å². The number of aliphatic imine (C=N–C) groups is 2. The summed E-state index contributed by atoms with van der Waals surface area (Å²) in [4.78, 5) is 55.5. The Hall–Kier alpha value is -5.50. The van der Waals surface area contributed by atoms with E-state index in [0.29, 0.717) is 16.9 Å². The second-order valence-corrected chi connectivity index (χ2v) is 16.2. The van der Waals surface area contributed by atoms with Crippen molar-refractivity contribution in [3.05, 3.63) is 67.5 Å². The van der Waals surface area contributed by atoms with E-state index in [1.807, 2.05) is 39.8 Å². The van der Waals surface area contributed by atoms with E-state index in [-0.39, 0.29) is 49.8 Å². The highest BCUT2D eigenvalue weighted by Gasteiger charge is 2.43. The van der Waals surface area contributed by atoms with E-state index in [2.05, 4.69) is 41.8 Å². The minimum atomic E-state index is -0.823. The number of fused-ring (bicyclic) bond motifs is 6. The maximum Gasteiger partial charge on any atom is 0.550 e. The molecule has 0 spiro atoms. The molecule has 14 nitrogen and oxygen atoms in total. The number of thioether (sulfide) groups is 2. The molecule has 0 aliphatic carbocycles. The third-order valence-electron chi connectivity index (χ3n) is 8.42. The Morgan fingerprint density at radius 2 is 1.23 bits per heavy atom. The molecule has 0 saturated carbocycles. The molecule has 3 aromatic rings. The van der Waals surface area contributed by atoms with Gasteiger partial charge in [-0.2, -0.15) is 30.2 Å². The van der Waals surface area contributed by atoms with Gasteiger partial charge in [0.15, 0.2) is 20.7 Å². The first-order valence-corrected chi connectivity index (χ1v) is 18.9. The van der Waals surface area contributed by atoms with E-state index < -0.39 is 23.0 Å². The summed E-state index contributed by atoms with van der Waals surface area (Å²) in [7, 11) is 0. The number of ether oxygens (including phenoxy) is 2. The van der Waals surface area contributed by atoms with Crippen molar-refractivity contribution < 1.29 is 19.1 Å². The number of aromatic nitrogens is 2. The number of hydrogen-bond donors (Lipinski definition) is 0. The first-order valence-electron chi connectivity index (χ1n) is 15.6. The van der Waals surface area contributed by atoms with Crippen molar-refractivity contribution in [2.45, 2.75) is 52.7 Å². The Morgan fingerprint density at radius 1 is 0.808 bits per heavy atom. The van der Waals surface area contributed by atoms with E-state index in [1.165, 1.54) is 32.5 Å². The SMILES string of the molecule is [C-]#[N+]C([N+]#[C-])=C1SC(=Nc2nc3c(s2)-c2cc4c(cc2C(C)(C)O3)-c2sc(N=C3SC(=C(C#N)C#N)N(CC)C3=O)nc2OC4(C)C)C(=O)N1CC. The van der Waals surface area contributed by atoms with Gasteiger partial charge in [0.1, 0.15) is 51.3 Å². The first-order chi connectivity index (χ1) is 24.8. The van der Waals surface area contributed by atoms with Crippen molar-refractivity contribution in [3.8, 4) is 44.8 Å². The summed E-state index contributed by atoms with van der Waals surface area (Å²) in [6.45, 7) is 26.5. The number of allylic oxidation sites excluding steroid dienone is 1. The number of nitriles is 2. The number of carbonyl (C=O) groups excluding carboxylic acids is 2. The molecule has 18 heteroatoms. The van der Waals surface area contributed by atoms with E-state index >= 15 is 0 Å². The predicted molar refractivity (Wildman–Crippen MR) is 199 cm³/mol. The van der Waals surface area contributed by atoms with Gasteiger partial charge in [-0.3, -0.25) is 14.5 Å². The van der Waals surface area contributed by atoms with Crippen LogP contribution in [-0.4, -0.2) is 54.8 Å². The van der Waals surface area contributed by atoms with Crippen LogP contribution in [-0.2, 0) is 20.8 Å². The molecule has 2 saturated heterocycles. The Bertz CT molecular complexity index is 2260. The van der Waals surface area contributed by atoms with Crippen molar-refractivity contribution in [1.29, 1.82) is 10.5 Å². The molecule has 4 aliphatic rings. The fourth-order valence-corrected chi connectivity index (χ4v) is 9.97. The van der Waals surface area contributed by atoms with Gasteiger partial charge < -0.3 is 14.4 Å². The molecule has 0 unspecified atom stereocenters. The zero-order valence-electron chi connectivity index (χ0n) is 28.3. The molecule has 0 radical (unpaired) electrons. The van der Waals surface area contributed by atoms with E-state index in [4.69, 9.17) is 22.6 Å². The largest absolute Gasteiger partial charge is 0.550 e. The predicted octanol–water partition coefficient (Wildman–Crippen LogP) is 7.66. The molecule has 258 valence electrons. The van der Waals surface area contributed by atoms with Gasteiger partial charge in [-0.05, 0) is 65.4 Å². The number of benzene rings is 1. The number of thiazole rings is 2. The average molecular weight is 765 g/mol. The summed E-state index contributed by atoms with van der Waals surface area (Å²) in [6.07, 6.45) is 0. The third kappa shape index (κ3) is 5.43. The number of carbonyl (C=O) groups is 2. The number of nitrogens with zero attached hydrogens (tertiary/aromatic N) is 10. The second kappa shape index (κ2) is 12.6. The highest BCUT2D eigenvalue weighted by Crippen LogP contribution is 2.56. The van der Waals surface area contributed by atoms with Crippen LogP contribution in [0.3, 0.4) is 0 Å². The van der Waals surface area contributed by atoms with Crippen molar-refractivity contribution in [2.75, 3.05) is 13.1 Å². The Morgan fingerprint density at radius 3 is 1.63 bits per heavy atom. The number of hydrogen-bond acceptors (Lipinski definition) is 14.